The van der Waals surface area contributed by atoms with Crippen LogP contribution in [-0.2, 0) is 0 Å². The van der Waals surface area contributed by atoms with Crippen molar-refractivity contribution in [1.82, 2.24) is 29.7 Å². The molecule has 0 amide bonds. The summed E-state index contributed by atoms with van der Waals surface area (Å²) in [7, 11) is 0. The van der Waals surface area contributed by atoms with E-state index in [0.29, 0.717) is 29.0 Å². The van der Waals surface area contributed by atoms with Crippen molar-refractivity contribution >= 4 is 40.1 Å². The molecule has 4 rings (SSSR count). The molecule has 6 N–H and O–H groups in total. The van der Waals surface area contributed by atoms with Gasteiger partial charge < -0.3 is 16.8 Å². The molecule has 3 heterocycles. The number of aromatic amines is 1. The van der Waals surface area contributed by atoms with Crippen LogP contribution in [-0.4, -0.2) is 29.7 Å². The Bertz CT molecular complexity index is 1370. The number of H-pyrrole nitrogens is 1. The molecule has 0 saturated heterocycles. The van der Waals surface area contributed by atoms with Crippen molar-refractivity contribution in [2.24, 2.45) is 0 Å². The number of hydrogen-bond donors (Lipinski definition) is 4. The van der Waals surface area contributed by atoms with Gasteiger partial charge in [-0.15, -0.1) is 0 Å². The maximum Gasteiger partial charge on any atom is 0.267 e. The Labute approximate surface area is 180 Å². The van der Waals surface area contributed by atoms with E-state index in [1.807, 2.05) is 6.92 Å². The van der Waals surface area contributed by atoms with Gasteiger partial charge in [-0.25, -0.2) is 9.55 Å². The smallest absolute Gasteiger partial charge is 0.267 e. The van der Waals surface area contributed by atoms with Gasteiger partial charge in [0, 0.05) is 6.07 Å². The first-order valence-corrected chi connectivity index (χ1v) is 9.63. The normalized spacial score (nSPS) is 11.9. The van der Waals surface area contributed by atoms with E-state index >= 15 is 0 Å². The number of fused-ring (bicyclic) bond motifs is 1. The summed E-state index contributed by atoms with van der Waals surface area (Å²) in [5.74, 6) is 0.931. The highest BCUT2D eigenvalue weighted by Gasteiger charge is 2.23. The molecule has 4 aromatic rings. The van der Waals surface area contributed by atoms with Gasteiger partial charge in [0.2, 0.25) is 5.95 Å². The Balaban J connectivity index is 1.97. The zero-order chi connectivity index (χ0) is 22.1. The molecule has 3 aromatic heterocycles. The van der Waals surface area contributed by atoms with Crippen LogP contribution in [0.1, 0.15) is 30.8 Å². The van der Waals surface area contributed by atoms with E-state index in [9.17, 15) is 10.1 Å². The third-order valence-corrected chi connectivity index (χ3v) is 5.07. The zero-order valence-electron chi connectivity index (χ0n) is 16.3. The number of nitrogens with zero attached hydrogens (tertiary/aromatic N) is 6. The summed E-state index contributed by atoms with van der Waals surface area (Å²) in [5.41, 5.74) is 11.7. The quantitative estimate of drug-likeness (QED) is 0.364. The number of nitriles is 1. The number of nitrogens with two attached hydrogens (primary N) is 2. The maximum absolute atomic E-state index is 13.4. The molecule has 31 heavy (non-hydrogen) atoms. The van der Waals surface area contributed by atoms with Gasteiger partial charge in [-0.05, 0) is 18.6 Å². The highest BCUT2D eigenvalue weighted by atomic mass is 35.5. The predicted molar refractivity (Wildman–Crippen MR) is 117 cm³/mol. The first kappa shape index (κ1) is 20.1. The van der Waals surface area contributed by atoms with Crippen molar-refractivity contribution in [2.45, 2.75) is 19.4 Å². The van der Waals surface area contributed by atoms with Crippen LogP contribution in [0.15, 0.2) is 35.3 Å². The summed E-state index contributed by atoms with van der Waals surface area (Å²) in [6, 6.07) is 8.06. The number of nitrogens with one attached hydrogen (secondary N) is 2. The lowest BCUT2D eigenvalue weighted by Gasteiger charge is -2.22. The number of rotatable bonds is 5. The lowest BCUT2D eigenvalue weighted by atomic mass is 10.1. The second kappa shape index (κ2) is 7.92. The first-order chi connectivity index (χ1) is 14.9. The monoisotopic (exact) mass is 436 g/mol. The van der Waals surface area contributed by atoms with Crippen molar-refractivity contribution in [1.29, 1.82) is 5.26 Å². The van der Waals surface area contributed by atoms with Gasteiger partial charge in [-0.3, -0.25) is 9.89 Å². The number of benzene rings is 1. The maximum atomic E-state index is 13.4. The molecule has 0 bridgehead atoms. The van der Waals surface area contributed by atoms with Crippen molar-refractivity contribution in [3.8, 4) is 11.9 Å². The van der Waals surface area contributed by atoms with E-state index in [1.54, 1.807) is 24.3 Å². The molecule has 156 valence electrons. The van der Waals surface area contributed by atoms with Crippen LogP contribution >= 0.6 is 11.6 Å². The van der Waals surface area contributed by atoms with Crippen molar-refractivity contribution < 1.29 is 0 Å². The number of para-hydroxylation sites is 1. The third kappa shape index (κ3) is 3.49. The Morgan fingerprint density at radius 2 is 2.10 bits per heavy atom. The lowest BCUT2D eigenvalue weighted by Crippen LogP contribution is -2.29. The summed E-state index contributed by atoms with van der Waals surface area (Å²) in [4.78, 5) is 26.0. The molecule has 0 fully saturated rings. The van der Waals surface area contributed by atoms with Gasteiger partial charge in [0.1, 0.15) is 28.6 Å². The summed E-state index contributed by atoms with van der Waals surface area (Å²) >= 11 is 6.25. The Morgan fingerprint density at radius 3 is 2.77 bits per heavy atom. The Morgan fingerprint density at radius 1 is 1.29 bits per heavy atom. The van der Waals surface area contributed by atoms with Crippen LogP contribution in [0.4, 0.5) is 17.6 Å². The van der Waals surface area contributed by atoms with E-state index in [1.165, 1.54) is 10.8 Å². The van der Waals surface area contributed by atoms with Crippen molar-refractivity contribution in [3.63, 3.8) is 0 Å². The van der Waals surface area contributed by atoms with Gasteiger partial charge in [0.15, 0.2) is 5.82 Å². The van der Waals surface area contributed by atoms with Gasteiger partial charge >= 0.3 is 0 Å². The van der Waals surface area contributed by atoms with Crippen LogP contribution in [0, 0.1) is 11.3 Å². The fourth-order valence-electron chi connectivity index (χ4n) is 3.25. The number of nitrogen functional groups attached to an aromatic ring is 2. The third-order valence-electron chi connectivity index (χ3n) is 4.70. The molecule has 1 aromatic carbocycles. The highest BCUT2D eigenvalue weighted by Crippen LogP contribution is 2.30. The summed E-state index contributed by atoms with van der Waals surface area (Å²) in [6.45, 7) is 1.89. The average molecular weight is 437 g/mol. The van der Waals surface area contributed by atoms with Crippen LogP contribution in [0.3, 0.4) is 0 Å². The fraction of sp³-hybridized carbons (Fsp3) is 0.158. The molecular formula is C19H17ClN10O. The molecule has 0 radical (unpaired) electrons. The van der Waals surface area contributed by atoms with Crippen LogP contribution in [0.5, 0.6) is 0 Å². The summed E-state index contributed by atoms with van der Waals surface area (Å²) in [5, 5.41) is 19.8. The SMILES string of the molecule is CCC(Nc1nc(N)nc(N)c1Cl)c1nc2c(C#N)cccc2c(=O)n1-c1ccn[nH]1. The van der Waals surface area contributed by atoms with Gasteiger partial charge in [0.25, 0.3) is 5.56 Å². The standard InChI is InChI=1S/C19H17ClN10O/c1-2-11(25-16-13(20)15(22)27-19(23)28-16)17-26-14-9(8-21)4-3-5-10(14)18(31)30(17)12-6-7-24-29-12/h3-7,11H,2H2,1H3,(H,24,29)(H5,22,23,25,27,28). The van der Waals surface area contributed by atoms with Crippen LogP contribution in [0.25, 0.3) is 16.7 Å². The number of anilines is 3. The predicted octanol–water partition coefficient (Wildman–Crippen LogP) is 2.15. The zero-order valence-corrected chi connectivity index (χ0v) is 17.1. The second-order valence-corrected chi connectivity index (χ2v) is 6.98. The van der Waals surface area contributed by atoms with Crippen molar-refractivity contribution in [2.75, 3.05) is 16.8 Å². The molecule has 1 atom stereocenters. The minimum Gasteiger partial charge on any atom is -0.382 e. The summed E-state index contributed by atoms with van der Waals surface area (Å²) < 4.78 is 1.40. The van der Waals surface area contributed by atoms with E-state index in [-0.39, 0.29) is 33.7 Å². The molecule has 1 unspecified atom stereocenters. The number of halogens is 1. The van der Waals surface area contributed by atoms with E-state index in [4.69, 9.17) is 23.1 Å². The Hall–Kier alpha value is -4.17. The molecule has 0 aliphatic carbocycles. The molecule has 0 aliphatic rings. The van der Waals surface area contributed by atoms with Crippen molar-refractivity contribution in [3.05, 3.63) is 57.2 Å². The molecule has 0 spiro atoms. The second-order valence-electron chi connectivity index (χ2n) is 6.60. The summed E-state index contributed by atoms with van der Waals surface area (Å²) in [6.07, 6.45) is 2.01. The molecule has 12 heteroatoms. The van der Waals surface area contributed by atoms with E-state index < -0.39 is 6.04 Å². The molecule has 11 nitrogen and oxygen atoms in total. The van der Waals surface area contributed by atoms with Gasteiger partial charge in [-0.2, -0.15) is 20.3 Å². The first-order valence-electron chi connectivity index (χ1n) is 9.25. The van der Waals surface area contributed by atoms with Gasteiger partial charge in [-0.1, -0.05) is 24.6 Å². The Kier molecular flexibility index (Phi) is 5.14. The minimum absolute atomic E-state index is 0.0238. The van der Waals surface area contributed by atoms with Gasteiger partial charge in [0.05, 0.1) is 28.7 Å². The molecule has 0 saturated carbocycles. The topological polar surface area (TPSA) is 177 Å². The fourth-order valence-corrected chi connectivity index (χ4v) is 3.39. The van der Waals surface area contributed by atoms with E-state index in [0.717, 1.165) is 0 Å². The largest absolute Gasteiger partial charge is 0.382 e. The number of hydrogen-bond acceptors (Lipinski definition) is 9. The lowest BCUT2D eigenvalue weighted by molar-refractivity contribution is 0.653. The highest BCUT2D eigenvalue weighted by molar-refractivity contribution is 6.35. The molecular weight excluding hydrogens is 420 g/mol. The minimum atomic E-state index is -0.543. The van der Waals surface area contributed by atoms with Crippen LogP contribution in [0.2, 0.25) is 5.02 Å². The van der Waals surface area contributed by atoms with E-state index in [2.05, 4.69) is 36.5 Å². The van der Waals surface area contributed by atoms with Crippen LogP contribution < -0.4 is 22.3 Å². The average Bonchev–Trinajstić information content (AvgIpc) is 3.29. The molecule has 0 aliphatic heterocycles. The number of aromatic nitrogens is 6.